The second-order valence-corrected chi connectivity index (χ2v) is 12.2. The Morgan fingerprint density at radius 2 is 1.40 bits per heavy atom. The minimum absolute atomic E-state index is 0.103. The van der Waals surface area contributed by atoms with Crippen molar-refractivity contribution >= 4 is 5.69 Å². The van der Waals surface area contributed by atoms with Crippen LogP contribution in [0.3, 0.4) is 0 Å². The van der Waals surface area contributed by atoms with Gasteiger partial charge in [-0.1, -0.05) is 78.9 Å². The van der Waals surface area contributed by atoms with E-state index in [0.29, 0.717) is 5.92 Å². The summed E-state index contributed by atoms with van der Waals surface area (Å²) in [6.45, 7) is 10.3. The topological polar surface area (TPSA) is 34.3 Å². The molecule has 4 aliphatic heterocycles. The van der Waals surface area contributed by atoms with E-state index in [-0.39, 0.29) is 17.7 Å². The molecule has 5 heteroatoms. The zero-order chi connectivity index (χ0) is 26.8. The number of piperidine rings is 1. The summed E-state index contributed by atoms with van der Waals surface area (Å²) in [6.07, 6.45) is 5.17. The Kier molecular flexibility index (Phi) is 7.64. The Morgan fingerprint density at radius 1 is 0.725 bits per heavy atom. The molecule has 0 amide bonds. The number of ether oxygens (including phenoxy) is 1. The van der Waals surface area contributed by atoms with Crippen LogP contribution in [0.15, 0.2) is 84.9 Å². The highest BCUT2D eigenvalue weighted by molar-refractivity contribution is 5.66. The van der Waals surface area contributed by atoms with E-state index in [2.05, 4.69) is 105 Å². The van der Waals surface area contributed by atoms with E-state index in [9.17, 15) is 0 Å². The lowest BCUT2D eigenvalue weighted by atomic mass is 9.66. The highest BCUT2D eigenvalue weighted by Gasteiger charge is 2.62. The summed E-state index contributed by atoms with van der Waals surface area (Å²) in [4.78, 5) is 7.89. The molecule has 3 atom stereocenters. The number of fused-ring (bicyclic) bond motifs is 2. The average Bonchev–Trinajstić information content (AvgIpc) is 3.84. The average molecular weight is 537 g/mol. The van der Waals surface area contributed by atoms with Crippen molar-refractivity contribution in [3.05, 3.63) is 102 Å². The molecule has 1 N–H and O–H groups in total. The van der Waals surface area contributed by atoms with Gasteiger partial charge in [0.1, 0.15) is 6.10 Å². The summed E-state index contributed by atoms with van der Waals surface area (Å²) < 4.78 is 6.68. The third kappa shape index (κ3) is 5.09. The molecule has 0 saturated carbocycles. The Balaban J connectivity index is 1.10. The van der Waals surface area contributed by atoms with Gasteiger partial charge in [0.2, 0.25) is 0 Å². The second kappa shape index (κ2) is 11.7. The van der Waals surface area contributed by atoms with Gasteiger partial charge in [0.05, 0.1) is 5.41 Å². The van der Waals surface area contributed by atoms with Gasteiger partial charge in [-0.2, -0.15) is 0 Å². The SMILES string of the molecule is c1ccc(C2CCN(CCC3(c4ccccc4)c4ccccc4N(CCCN4CCNCC4)C4OC43)CC2)cc1. The van der Waals surface area contributed by atoms with Crippen molar-refractivity contribution < 1.29 is 4.74 Å². The van der Waals surface area contributed by atoms with Crippen LogP contribution >= 0.6 is 0 Å². The number of nitrogens with zero attached hydrogens (tertiary/aromatic N) is 3. The molecule has 210 valence electrons. The highest BCUT2D eigenvalue weighted by atomic mass is 16.6. The molecule has 3 saturated heterocycles. The summed E-state index contributed by atoms with van der Waals surface area (Å²) in [5.41, 5.74) is 5.66. The molecular weight excluding hydrogens is 492 g/mol. The molecule has 3 aromatic rings. The molecule has 4 heterocycles. The third-order valence-corrected chi connectivity index (χ3v) is 10.0. The first-order chi connectivity index (χ1) is 19.8. The van der Waals surface area contributed by atoms with Gasteiger partial charge >= 0.3 is 0 Å². The van der Waals surface area contributed by atoms with Crippen molar-refractivity contribution in [3.63, 3.8) is 0 Å². The van der Waals surface area contributed by atoms with Crippen LogP contribution < -0.4 is 10.2 Å². The van der Waals surface area contributed by atoms with Crippen LogP contribution in [-0.4, -0.2) is 81.0 Å². The number of anilines is 1. The summed E-state index contributed by atoms with van der Waals surface area (Å²) in [7, 11) is 0. The van der Waals surface area contributed by atoms with Gasteiger partial charge in [0.15, 0.2) is 6.23 Å². The van der Waals surface area contributed by atoms with Crippen molar-refractivity contribution in [3.8, 4) is 0 Å². The van der Waals surface area contributed by atoms with Crippen molar-refractivity contribution in [1.29, 1.82) is 0 Å². The van der Waals surface area contributed by atoms with Gasteiger partial charge in [0.25, 0.3) is 0 Å². The van der Waals surface area contributed by atoms with Gasteiger partial charge in [0, 0.05) is 38.4 Å². The van der Waals surface area contributed by atoms with Crippen LogP contribution in [0.4, 0.5) is 5.69 Å². The Morgan fingerprint density at radius 3 is 2.17 bits per heavy atom. The van der Waals surface area contributed by atoms with E-state index in [0.717, 1.165) is 32.6 Å². The zero-order valence-corrected chi connectivity index (χ0v) is 23.8. The van der Waals surface area contributed by atoms with Gasteiger partial charge in [-0.05, 0) is 80.5 Å². The smallest absolute Gasteiger partial charge is 0.158 e. The van der Waals surface area contributed by atoms with E-state index in [1.807, 2.05) is 0 Å². The molecule has 3 unspecified atom stereocenters. The minimum atomic E-state index is -0.103. The summed E-state index contributed by atoms with van der Waals surface area (Å²) in [5, 5.41) is 3.48. The van der Waals surface area contributed by atoms with Gasteiger partial charge < -0.3 is 24.8 Å². The number of para-hydroxylation sites is 1. The van der Waals surface area contributed by atoms with Gasteiger partial charge in [-0.15, -0.1) is 0 Å². The number of hydrogen-bond donors (Lipinski definition) is 1. The fraction of sp³-hybridized carbons (Fsp3) is 0.486. The molecule has 4 aliphatic rings. The van der Waals surface area contributed by atoms with Crippen LogP contribution in [0.2, 0.25) is 0 Å². The maximum atomic E-state index is 6.68. The van der Waals surface area contributed by atoms with E-state index < -0.39 is 0 Å². The van der Waals surface area contributed by atoms with E-state index in [1.54, 1.807) is 0 Å². The first-order valence-electron chi connectivity index (χ1n) is 15.6. The fourth-order valence-electron chi connectivity index (χ4n) is 7.77. The third-order valence-electron chi connectivity index (χ3n) is 10.0. The van der Waals surface area contributed by atoms with E-state index >= 15 is 0 Å². The monoisotopic (exact) mass is 536 g/mol. The lowest BCUT2D eigenvalue weighted by Crippen LogP contribution is -2.48. The molecular formula is C35H44N4O. The molecule has 3 aromatic carbocycles. The van der Waals surface area contributed by atoms with Gasteiger partial charge in [-0.3, -0.25) is 0 Å². The normalized spacial score (nSPS) is 27.2. The molecule has 7 rings (SSSR count). The van der Waals surface area contributed by atoms with Crippen molar-refractivity contribution in [1.82, 2.24) is 15.1 Å². The van der Waals surface area contributed by atoms with E-state index in [4.69, 9.17) is 4.74 Å². The zero-order valence-electron chi connectivity index (χ0n) is 23.8. The van der Waals surface area contributed by atoms with Crippen LogP contribution in [-0.2, 0) is 10.2 Å². The maximum absolute atomic E-state index is 6.68. The number of likely N-dealkylation sites (tertiary alicyclic amines) is 1. The second-order valence-electron chi connectivity index (χ2n) is 12.2. The Hall–Kier alpha value is -2.70. The lowest BCUT2D eigenvalue weighted by molar-refractivity contribution is 0.187. The number of rotatable bonds is 9. The van der Waals surface area contributed by atoms with Crippen LogP contribution in [0, 0.1) is 0 Å². The summed E-state index contributed by atoms with van der Waals surface area (Å²) in [5.74, 6) is 0.696. The fourth-order valence-corrected chi connectivity index (χ4v) is 7.77. The highest BCUT2D eigenvalue weighted by Crippen LogP contribution is 2.56. The maximum Gasteiger partial charge on any atom is 0.158 e. The van der Waals surface area contributed by atoms with Crippen molar-refractivity contribution in [2.45, 2.75) is 49.3 Å². The van der Waals surface area contributed by atoms with Gasteiger partial charge in [-0.25, -0.2) is 0 Å². The molecule has 0 aliphatic carbocycles. The first-order valence-corrected chi connectivity index (χ1v) is 15.6. The molecule has 0 spiro atoms. The predicted molar refractivity (Wildman–Crippen MR) is 163 cm³/mol. The predicted octanol–water partition coefficient (Wildman–Crippen LogP) is 5.08. The number of epoxide rings is 1. The minimum Gasteiger partial charge on any atom is -0.346 e. The molecule has 0 bridgehead atoms. The summed E-state index contributed by atoms with van der Waals surface area (Å²) in [6, 6.07) is 31.6. The van der Waals surface area contributed by atoms with Crippen molar-refractivity contribution in [2.24, 2.45) is 0 Å². The first kappa shape index (κ1) is 26.2. The lowest BCUT2D eigenvalue weighted by Gasteiger charge is -2.43. The molecule has 3 fully saturated rings. The Bertz CT molecular complexity index is 1240. The number of benzene rings is 3. The van der Waals surface area contributed by atoms with E-state index in [1.165, 1.54) is 74.4 Å². The Labute approximate surface area is 240 Å². The molecule has 0 radical (unpaired) electrons. The van der Waals surface area contributed by atoms with Crippen LogP contribution in [0.25, 0.3) is 0 Å². The largest absolute Gasteiger partial charge is 0.346 e. The van der Waals surface area contributed by atoms with Crippen LogP contribution in [0.1, 0.15) is 48.3 Å². The standard InChI is InChI=1S/C35H44N4O/c1-3-10-28(11-4-1)29-16-23-38(24-17-29)25-18-35(30-12-5-2-6-13-30)31-14-7-8-15-32(31)39(34-33(35)40-34)22-9-21-37-26-19-36-20-27-37/h1-8,10-15,29,33-34,36H,9,16-27H2. The number of nitrogens with one attached hydrogen (secondary N) is 1. The molecule has 40 heavy (non-hydrogen) atoms. The van der Waals surface area contributed by atoms with Crippen LogP contribution in [0.5, 0.6) is 0 Å². The van der Waals surface area contributed by atoms with Crippen molar-refractivity contribution in [2.75, 3.05) is 63.8 Å². The molecule has 0 aromatic heterocycles. The summed E-state index contributed by atoms with van der Waals surface area (Å²) >= 11 is 0. The molecule has 5 nitrogen and oxygen atoms in total. The number of hydrogen-bond acceptors (Lipinski definition) is 5. The quantitative estimate of drug-likeness (QED) is 0.386. The number of piperazine rings is 1.